The van der Waals surface area contributed by atoms with Crippen molar-refractivity contribution < 1.29 is 0 Å². The SMILES string of the molecule is NC(=S)c1csc(Cc2ccccc2)n1. The molecule has 1 heterocycles. The van der Waals surface area contributed by atoms with Gasteiger partial charge < -0.3 is 5.73 Å². The Morgan fingerprint density at radius 2 is 2.07 bits per heavy atom. The van der Waals surface area contributed by atoms with Crippen LogP contribution in [0, 0.1) is 0 Å². The molecule has 0 aliphatic carbocycles. The number of hydrogen-bond donors (Lipinski definition) is 1. The molecule has 0 fully saturated rings. The van der Waals surface area contributed by atoms with E-state index in [0.717, 1.165) is 17.1 Å². The van der Waals surface area contributed by atoms with Crippen molar-refractivity contribution in [1.82, 2.24) is 4.98 Å². The molecule has 0 aliphatic heterocycles. The average molecular weight is 234 g/mol. The molecule has 1 aromatic carbocycles. The number of nitrogens with zero attached hydrogens (tertiary/aromatic N) is 1. The van der Waals surface area contributed by atoms with Gasteiger partial charge in [-0.25, -0.2) is 4.98 Å². The van der Waals surface area contributed by atoms with E-state index in [-0.39, 0.29) is 0 Å². The quantitative estimate of drug-likeness (QED) is 0.829. The Morgan fingerprint density at radius 3 is 2.67 bits per heavy atom. The molecule has 0 amide bonds. The number of aromatic nitrogens is 1. The van der Waals surface area contributed by atoms with Gasteiger partial charge in [0.1, 0.15) is 10.7 Å². The van der Waals surface area contributed by atoms with Gasteiger partial charge in [-0.15, -0.1) is 11.3 Å². The number of nitrogens with two attached hydrogens (primary N) is 1. The molecular weight excluding hydrogens is 224 g/mol. The molecule has 2 rings (SSSR count). The zero-order chi connectivity index (χ0) is 10.7. The summed E-state index contributed by atoms with van der Waals surface area (Å²) < 4.78 is 0. The largest absolute Gasteiger partial charge is 0.388 e. The fourth-order valence-electron chi connectivity index (χ4n) is 1.28. The Labute approximate surface area is 97.8 Å². The first-order chi connectivity index (χ1) is 7.25. The summed E-state index contributed by atoms with van der Waals surface area (Å²) >= 11 is 6.46. The van der Waals surface area contributed by atoms with Crippen molar-refractivity contribution in [2.75, 3.05) is 0 Å². The van der Waals surface area contributed by atoms with E-state index in [4.69, 9.17) is 18.0 Å². The summed E-state index contributed by atoms with van der Waals surface area (Å²) in [6.45, 7) is 0. The van der Waals surface area contributed by atoms with Gasteiger partial charge in [0.2, 0.25) is 0 Å². The number of hydrogen-bond acceptors (Lipinski definition) is 3. The summed E-state index contributed by atoms with van der Waals surface area (Å²) in [5.41, 5.74) is 7.47. The third-order valence-electron chi connectivity index (χ3n) is 2.00. The maximum Gasteiger partial charge on any atom is 0.123 e. The summed E-state index contributed by atoms with van der Waals surface area (Å²) in [5.74, 6) is 0. The van der Waals surface area contributed by atoms with Gasteiger partial charge in [-0.05, 0) is 5.56 Å². The number of thiazole rings is 1. The van der Waals surface area contributed by atoms with Crippen LogP contribution in [-0.4, -0.2) is 9.97 Å². The van der Waals surface area contributed by atoms with Crippen molar-refractivity contribution in [2.45, 2.75) is 6.42 Å². The maximum atomic E-state index is 5.50. The van der Waals surface area contributed by atoms with Crippen LogP contribution in [0.1, 0.15) is 16.3 Å². The molecule has 0 saturated heterocycles. The Kier molecular flexibility index (Phi) is 3.08. The van der Waals surface area contributed by atoms with E-state index in [0.29, 0.717) is 4.99 Å². The first-order valence-corrected chi connectivity index (χ1v) is 5.82. The summed E-state index contributed by atoms with van der Waals surface area (Å²) in [7, 11) is 0. The van der Waals surface area contributed by atoms with Crippen LogP contribution in [0.5, 0.6) is 0 Å². The summed E-state index contributed by atoms with van der Waals surface area (Å²) in [6, 6.07) is 10.2. The van der Waals surface area contributed by atoms with Gasteiger partial charge in [-0.2, -0.15) is 0 Å². The monoisotopic (exact) mass is 234 g/mol. The molecule has 2 aromatic rings. The predicted molar refractivity (Wildman–Crippen MR) is 67.2 cm³/mol. The van der Waals surface area contributed by atoms with Gasteiger partial charge in [-0.1, -0.05) is 42.5 Å². The highest BCUT2D eigenvalue weighted by Gasteiger charge is 2.04. The highest BCUT2D eigenvalue weighted by molar-refractivity contribution is 7.80. The zero-order valence-electron chi connectivity index (χ0n) is 8.01. The van der Waals surface area contributed by atoms with Crippen LogP contribution in [0.4, 0.5) is 0 Å². The molecule has 0 spiro atoms. The third kappa shape index (κ3) is 2.61. The molecule has 0 atom stereocenters. The summed E-state index contributed by atoms with van der Waals surface area (Å²) in [4.78, 5) is 4.72. The van der Waals surface area contributed by atoms with Crippen molar-refractivity contribution in [1.29, 1.82) is 0 Å². The molecule has 0 unspecified atom stereocenters. The fraction of sp³-hybridized carbons (Fsp3) is 0.0909. The molecule has 4 heteroatoms. The van der Waals surface area contributed by atoms with Gasteiger partial charge in [0.05, 0.1) is 5.01 Å². The summed E-state index contributed by atoms with van der Waals surface area (Å²) in [5, 5.41) is 2.95. The smallest absolute Gasteiger partial charge is 0.123 e. The minimum atomic E-state index is 0.366. The third-order valence-corrected chi connectivity index (χ3v) is 3.06. The van der Waals surface area contributed by atoms with Gasteiger partial charge in [0.15, 0.2) is 0 Å². The molecule has 0 saturated carbocycles. The zero-order valence-corrected chi connectivity index (χ0v) is 9.65. The summed E-state index contributed by atoms with van der Waals surface area (Å²) in [6.07, 6.45) is 0.841. The van der Waals surface area contributed by atoms with Gasteiger partial charge in [0.25, 0.3) is 0 Å². The lowest BCUT2D eigenvalue weighted by Crippen LogP contribution is -2.09. The van der Waals surface area contributed by atoms with Crippen LogP contribution < -0.4 is 5.73 Å². The van der Waals surface area contributed by atoms with E-state index in [1.54, 1.807) is 11.3 Å². The molecule has 76 valence electrons. The maximum absolute atomic E-state index is 5.50. The van der Waals surface area contributed by atoms with Crippen molar-refractivity contribution in [3.8, 4) is 0 Å². The molecule has 0 radical (unpaired) electrons. The average Bonchev–Trinajstić information content (AvgIpc) is 2.68. The molecule has 0 bridgehead atoms. The molecule has 1 aromatic heterocycles. The second-order valence-corrected chi connectivity index (χ2v) is 4.54. The van der Waals surface area contributed by atoms with Crippen LogP contribution in [0.25, 0.3) is 0 Å². The first kappa shape index (κ1) is 10.3. The predicted octanol–water partition coefficient (Wildman–Crippen LogP) is 2.37. The molecule has 2 nitrogen and oxygen atoms in total. The number of thiocarbonyl (C=S) groups is 1. The van der Waals surface area contributed by atoms with Crippen molar-refractivity contribution in [3.05, 3.63) is 52.0 Å². The minimum Gasteiger partial charge on any atom is -0.388 e. The van der Waals surface area contributed by atoms with Gasteiger partial charge in [-0.3, -0.25) is 0 Å². The van der Waals surface area contributed by atoms with E-state index in [1.807, 2.05) is 23.6 Å². The van der Waals surface area contributed by atoms with E-state index in [1.165, 1.54) is 5.56 Å². The molecule has 15 heavy (non-hydrogen) atoms. The van der Waals surface area contributed by atoms with Gasteiger partial charge >= 0.3 is 0 Å². The second kappa shape index (κ2) is 4.51. The normalized spacial score (nSPS) is 10.1. The van der Waals surface area contributed by atoms with E-state index < -0.39 is 0 Å². The van der Waals surface area contributed by atoms with Crippen LogP contribution in [0.3, 0.4) is 0 Å². The van der Waals surface area contributed by atoms with Crippen molar-refractivity contribution in [3.63, 3.8) is 0 Å². The fourth-order valence-corrected chi connectivity index (χ4v) is 2.28. The van der Waals surface area contributed by atoms with Gasteiger partial charge in [0, 0.05) is 11.8 Å². The first-order valence-electron chi connectivity index (χ1n) is 4.54. The second-order valence-electron chi connectivity index (χ2n) is 3.15. The van der Waals surface area contributed by atoms with E-state index in [2.05, 4.69) is 17.1 Å². The van der Waals surface area contributed by atoms with Crippen molar-refractivity contribution >= 4 is 28.5 Å². The van der Waals surface area contributed by atoms with Crippen LogP contribution in [0.2, 0.25) is 0 Å². The number of rotatable bonds is 3. The lowest BCUT2D eigenvalue weighted by molar-refractivity contribution is 1.13. The lowest BCUT2D eigenvalue weighted by atomic mass is 10.2. The lowest BCUT2D eigenvalue weighted by Gasteiger charge is -1.96. The van der Waals surface area contributed by atoms with Crippen LogP contribution in [-0.2, 0) is 6.42 Å². The highest BCUT2D eigenvalue weighted by Crippen LogP contribution is 2.14. The Morgan fingerprint density at radius 1 is 1.33 bits per heavy atom. The Balaban J connectivity index is 2.15. The Hall–Kier alpha value is -1.26. The molecular formula is C11H10N2S2. The minimum absolute atomic E-state index is 0.366. The Bertz CT molecular complexity index is 462. The standard InChI is InChI=1S/C11H10N2S2/c12-11(14)9-7-15-10(13-9)6-8-4-2-1-3-5-8/h1-5,7H,6H2,(H2,12,14). The number of benzene rings is 1. The van der Waals surface area contributed by atoms with Crippen LogP contribution >= 0.6 is 23.6 Å². The van der Waals surface area contributed by atoms with Crippen LogP contribution in [0.15, 0.2) is 35.7 Å². The molecule has 2 N–H and O–H groups in total. The van der Waals surface area contributed by atoms with E-state index >= 15 is 0 Å². The van der Waals surface area contributed by atoms with E-state index in [9.17, 15) is 0 Å². The molecule has 0 aliphatic rings. The van der Waals surface area contributed by atoms with Crippen molar-refractivity contribution in [2.24, 2.45) is 5.73 Å². The highest BCUT2D eigenvalue weighted by atomic mass is 32.1. The topological polar surface area (TPSA) is 38.9 Å².